The number of hydrogen-bond acceptors (Lipinski definition) is 1. The maximum atomic E-state index is 3.71. The molecule has 21 heavy (non-hydrogen) atoms. The Labute approximate surface area is 135 Å². The minimum atomic E-state index is 0. The van der Waals surface area contributed by atoms with Crippen LogP contribution in [0.25, 0.3) is 0 Å². The number of nitrogens with one attached hydrogen (secondary N) is 1. The fourth-order valence-electron chi connectivity index (χ4n) is 2.48. The van der Waals surface area contributed by atoms with Crippen LogP contribution in [0.5, 0.6) is 0 Å². The average Bonchev–Trinajstić information content (AvgIpc) is 2.52. The van der Waals surface area contributed by atoms with E-state index in [1.54, 1.807) is 0 Å². The summed E-state index contributed by atoms with van der Waals surface area (Å²) in [7, 11) is 0. The van der Waals surface area contributed by atoms with Gasteiger partial charge in [0.15, 0.2) is 0 Å². The lowest BCUT2D eigenvalue weighted by molar-refractivity contribution is 0.490. The summed E-state index contributed by atoms with van der Waals surface area (Å²) < 4.78 is 0. The molecule has 2 aromatic rings. The lowest BCUT2D eigenvalue weighted by atomic mass is 9.99. The molecule has 0 aliphatic rings. The number of benzene rings is 2. The first-order chi connectivity index (χ1) is 9.90. The van der Waals surface area contributed by atoms with Crippen LogP contribution in [-0.4, -0.2) is 6.54 Å². The second kappa shape index (κ2) is 10.4. The normalized spacial score (nSPS) is 11.7. The van der Waals surface area contributed by atoms with Crippen LogP contribution in [0.1, 0.15) is 43.4 Å². The summed E-state index contributed by atoms with van der Waals surface area (Å²) in [5.74, 6) is 0. The van der Waals surface area contributed by atoms with E-state index in [0.29, 0.717) is 6.04 Å². The lowest BCUT2D eigenvalue weighted by Gasteiger charge is -2.19. The highest BCUT2D eigenvalue weighted by Gasteiger charge is 2.10. The highest BCUT2D eigenvalue weighted by molar-refractivity contribution is 5.85. The molecule has 0 saturated carbocycles. The Balaban J connectivity index is 0.00000220. The Kier molecular flexibility index (Phi) is 8.80. The van der Waals surface area contributed by atoms with Gasteiger partial charge in [0.1, 0.15) is 0 Å². The topological polar surface area (TPSA) is 12.0 Å². The second-order valence-corrected chi connectivity index (χ2v) is 5.30. The van der Waals surface area contributed by atoms with Crippen molar-refractivity contribution in [2.75, 3.05) is 6.54 Å². The highest BCUT2D eigenvalue weighted by atomic mass is 35.5. The zero-order valence-corrected chi connectivity index (χ0v) is 13.6. The van der Waals surface area contributed by atoms with Crippen molar-refractivity contribution in [2.45, 2.75) is 38.6 Å². The molecule has 2 aromatic carbocycles. The molecule has 0 aromatic heterocycles. The van der Waals surface area contributed by atoms with E-state index in [-0.39, 0.29) is 12.4 Å². The summed E-state index contributed by atoms with van der Waals surface area (Å²) in [6.07, 6.45) is 4.76. The third-order valence-electron chi connectivity index (χ3n) is 3.69. The maximum Gasteiger partial charge on any atom is 0.0323 e. The predicted molar refractivity (Wildman–Crippen MR) is 94.1 cm³/mol. The van der Waals surface area contributed by atoms with E-state index < -0.39 is 0 Å². The summed E-state index contributed by atoms with van der Waals surface area (Å²) in [6.45, 7) is 3.34. The average molecular weight is 304 g/mol. The smallest absolute Gasteiger partial charge is 0.0323 e. The number of halogens is 1. The van der Waals surface area contributed by atoms with E-state index >= 15 is 0 Å². The van der Waals surface area contributed by atoms with Crippen LogP contribution in [0.4, 0.5) is 0 Å². The molecule has 2 heteroatoms. The summed E-state index contributed by atoms with van der Waals surface area (Å²) in [5.41, 5.74) is 2.82. The first-order valence-electron chi connectivity index (χ1n) is 7.72. The van der Waals surface area contributed by atoms with Crippen LogP contribution in [0, 0.1) is 0 Å². The molecular weight excluding hydrogens is 278 g/mol. The van der Waals surface area contributed by atoms with E-state index in [0.717, 1.165) is 19.4 Å². The van der Waals surface area contributed by atoms with Gasteiger partial charge in [-0.05, 0) is 36.9 Å². The molecule has 0 fully saturated rings. The Morgan fingerprint density at radius 3 is 2.14 bits per heavy atom. The molecule has 0 aliphatic heterocycles. The van der Waals surface area contributed by atoms with Crippen LogP contribution in [-0.2, 0) is 6.42 Å². The molecule has 1 nitrogen and oxygen atoms in total. The number of hydrogen-bond donors (Lipinski definition) is 1. The molecule has 1 atom stereocenters. The highest BCUT2D eigenvalue weighted by Crippen LogP contribution is 2.19. The quantitative estimate of drug-likeness (QED) is 0.663. The van der Waals surface area contributed by atoms with Crippen molar-refractivity contribution in [2.24, 2.45) is 0 Å². The Morgan fingerprint density at radius 2 is 1.52 bits per heavy atom. The van der Waals surface area contributed by atoms with Gasteiger partial charge in [0.25, 0.3) is 0 Å². The molecule has 0 spiro atoms. The van der Waals surface area contributed by atoms with Crippen LogP contribution in [0.15, 0.2) is 60.7 Å². The summed E-state index contributed by atoms with van der Waals surface area (Å²) >= 11 is 0. The minimum Gasteiger partial charge on any atom is -0.310 e. The van der Waals surface area contributed by atoms with Gasteiger partial charge in [0.05, 0.1) is 0 Å². The number of unbranched alkanes of at least 4 members (excludes halogenated alkanes) is 1. The molecule has 0 saturated heterocycles. The van der Waals surface area contributed by atoms with E-state index in [4.69, 9.17) is 0 Å². The van der Waals surface area contributed by atoms with E-state index in [9.17, 15) is 0 Å². The fourth-order valence-corrected chi connectivity index (χ4v) is 2.48. The minimum absolute atomic E-state index is 0. The van der Waals surface area contributed by atoms with Gasteiger partial charge in [-0.2, -0.15) is 0 Å². The molecule has 1 N–H and O–H groups in total. The molecule has 0 heterocycles. The van der Waals surface area contributed by atoms with Crippen molar-refractivity contribution in [1.82, 2.24) is 5.32 Å². The first-order valence-corrected chi connectivity index (χ1v) is 7.72. The summed E-state index contributed by atoms with van der Waals surface area (Å²) in [5, 5.41) is 3.71. The number of rotatable bonds is 8. The van der Waals surface area contributed by atoms with Gasteiger partial charge in [0, 0.05) is 6.04 Å². The van der Waals surface area contributed by atoms with Gasteiger partial charge in [0.2, 0.25) is 0 Å². The van der Waals surface area contributed by atoms with Crippen LogP contribution in [0.3, 0.4) is 0 Å². The molecule has 0 radical (unpaired) electrons. The SMILES string of the molecule is CCCCNC(CCc1ccccc1)c1ccccc1.Cl. The van der Waals surface area contributed by atoms with E-state index in [1.807, 2.05) is 0 Å². The zero-order valence-electron chi connectivity index (χ0n) is 12.8. The monoisotopic (exact) mass is 303 g/mol. The Bertz CT molecular complexity index is 469. The number of aryl methyl sites for hydroxylation is 1. The van der Waals surface area contributed by atoms with E-state index in [1.165, 1.54) is 24.0 Å². The molecule has 114 valence electrons. The third-order valence-corrected chi connectivity index (χ3v) is 3.69. The van der Waals surface area contributed by atoms with Gasteiger partial charge >= 0.3 is 0 Å². The van der Waals surface area contributed by atoms with Crippen LogP contribution < -0.4 is 5.32 Å². The molecule has 1 unspecified atom stereocenters. The van der Waals surface area contributed by atoms with Gasteiger partial charge in [-0.25, -0.2) is 0 Å². The third kappa shape index (κ3) is 6.33. The van der Waals surface area contributed by atoms with Crippen molar-refractivity contribution < 1.29 is 0 Å². The van der Waals surface area contributed by atoms with Crippen LogP contribution in [0.2, 0.25) is 0 Å². The molecular formula is C19H26ClN. The Hall–Kier alpha value is -1.31. The van der Waals surface area contributed by atoms with Gasteiger partial charge in [-0.3, -0.25) is 0 Å². The van der Waals surface area contributed by atoms with Crippen molar-refractivity contribution >= 4 is 12.4 Å². The lowest BCUT2D eigenvalue weighted by Crippen LogP contribution is -2.23. The van der Waals surface area contributed by atoms with Crippen molar-refractivity contribution in [3.63, 3.8) is 0 Å². The first kappa shape index (κ1) is 17.7. The maximum absolute atomic E-state index is 3.71. The van der Waals surface area contributed by atoms with Gasteiger partial charge in [-0.1, -0.05) is 74.0 Å². The predicted octanol–water partition coefficient (Wildman–Crippen LogP) is 5.17. The standard InChI is InChI=1S/C19H25N.ClH/c1-2-3-16-20-19(18-12-8-5-9-13-18)15-14-17-10-6-4-7-11-17;/h4-13,19-20H,2-3,14-16H2,1H3;1H. The Morgan fingerprint density at radius 1 is 0.905 bits per heavy atom. The van der Waals surface area contributed by atoms with Crippen LogP contribution >= 0.6 is 12.4 Å². The molecule has 0 amide bonds. The van der Waals surface area contributed by atoms with Crippen molar-refractivity contribution in [3.8, 4) is 0 Å². The summed E-state index contributed by atoms with van der Waals surface area (Å²) in [6, 6.07) is 22.0. The van der Waals surface area contributed by atoms with Gasteiger partial charge < -0.3 is 5.32 Å². The largest absolute Gasteiger partial charge is 0.310 e. The van der Waals surface area contributed by atoms with Crippen molar-refractivity contribution in [3.05, 3.63) is 71.8 Å². The molecule has 0 bridgehead atoms. The van der Waals surface area contributed by atoms with Gasteiger partial charge in [-0.15, -0.1) is 12.4 Å². The van der Waals surface area contributed by atoms with E-state index in [2.05, 4.69) is 72.9 Å². The zero-order chi connectivity index (χ0) is 14.0. The second-order valence-electron chi connectivity index (χ2n) is 5.30. The molecule has 0 aliphatic carbocycles. The van der Waals surface area contributed by atoms with Crippen molar-refractivity contribution in [1.29, 1.82) is 0 Å². The molecule has 2 rings (SSSR count). The summed E-state index contributed by atoms with van der Waals surface area (Å²) in [4.78, 5) is 0. The fraction of sp³-hybridized carbons (Fsp3) is 0.368.